The summed E-state index contributed by atoms with van der Waals surface area (Å²) in [6.45, 7) is 1.86. The maximum atomic E-state index is 12.9. The van der Waals surface area contributed by atoms with Crippen molar-refractivity contribution in [3.05, 3.63) is 39.5 Å². The van der Waals surface area contributed by atoms with E-state index in [2.05, 4.69) is 27.6 Å². The largest absolute Gasteiger partial charge is 0.369 e. The molecule has 0 saturated heterocycles. The average molecular weight is 317 g/mol. The van der Waals surface area contributed by atoms with E-state index in [-0.39, 0.29) is 5.82 Å². The van der Waals surface area contributed by atoms with Crippen LogP contribution in [-0.2, 0) is 0 Å². The van der Waals surface area contributed by atoms with Crippen molar-refractivity contribution < 1.29 is 4.39 Å². The lowest BCUT2D eigenvalue weighted by Gasteiger charge is -2.06. The number of hydrogen-bond acceptors (Lipinski definition) is 2. The molecule has 1 heterocycles. The quantitative estimate of drug-likeness (QED) is 0.822. The van der Waals surface area contributed by atoms with Crippen molar-refractivity contribution in [2.45, 2.75) is 6.92 Å². The smallest absolute Gasteiger partial charge is 0.205 e. The van der Waals surface area contributed by atoms with E-state index in [4.69, 9.17) is 5.73 Å². The molecule has 78 valence electrons. The van der Waals surface area contributed by atoms with Gasteiger partial charge in [-0.05, 0) is 47.7 Å². The van der Waals surface area contributed by atoms with Gasteiger partial charge in [0.2, 0.25) is 5.95 Å². The first-order valence-corrected chi connectivity index (χ1v) is 5.42. The minimum atomic E-state index is -0.251. The second-order valence-corrected chi connectivity index (χ2v) is 4.37. The van der Waals surface area contributed by atoms with Crippen molar-refractivity contribution in [3.8, 4) is 5.69 Å². The molecule has 0 unspecified atom stereocenters. The van der Waals surface area contributed by atoms with E-state index in [1.807, 2.05) is 13.1 Å². The fraction of sp³-hybridized carbons (Fsp3) is 0.100. The fourth-order valence-electron chi connectivity index (χ4n) is 1.39. The molecule has 0 saturated carbocycles. The number of aryl methyl sites for hydroxylation is 1. The van der Waals surface area contributed by atoms with Crippen LogP contribution >= 0.6 is 22.6 Å². The summed E-state index contributed by atoms with van der Waals surface area (Å²) in [5.41, 5.74) is 7.42. The average Bonchev–Trinajstić information content (AvgIpc) is 2.45. The Bertz CT molecular complexity index is 507. The van der Waals surface area contributed by atoms with Crippen LogP contribution in [-0.4, -0.2) is 9.55 Å². The summed E-state index contributed by atoms with van der Waals surface area (Å²) < 4.78 is 15.5. The van der Waals surface area contributed by atoms with Gasteiger partial charge in [-0.25, -0.2) is 9.37 Å². The first kappa shape index (κ1) is 10.4. The van der Waals surface area contributed by atoms with Crippen LogP contribution in [0.4, 0.5) is 10.3 Å². The van der Waals surface area contributed by atoms with Crippen LogP contribution in [0.25, 0.3) is 5.69 Å². The highest BCUT2D eigenvalue weighted by atomic mass is 127. The number of hydrogen-bond donors (Lipinski definition) is 1. The topological polar surface area (TPSA) is 43.8 Å². The molecule has 0 spiro atoms. The number of nitrogens with two attached hydrogens (primary N) is 1. The normalized spacial score (nSPS) is 10.6. The molecule has 2 aromatic rings. The number of anilines is 1. The van der Waals surface area contributed by atoms with Crippen molar-refractivity contribution in [1.82, 2.24) is 9.55 Å². The SMILES string of the molecule is Cc1cn(-c2ccc(F)cc2I)c(N)n1. The van der Waals surface area contributed by atoms with Crippen molar-refractivity contribution in [1.29, 1.82) is 0 Å². The summed E-state index contributed by atoms with van der Waals surface area (Å²) in [6.07, 6.45) is 1.82. The van der Waals surface area contributed by atoms with Crippen molar-refractivity contribution >= 4 is 28.5 Å². The first-order chi connectivity index (χ1) is 7.08. The van der Waals surface area contributed by atoms with E-state index >= 15 is 0 Å². The van der Waals surface area contributed by atoms with E-state index in [9.17, 15) is 4.39 Å². The molecular formula is C10H9FIN3. The third-order valence-electron chi connectivity index (χ3n) is 2.02. The fourth-order valence-corrected chi connectivity index (χ4v) is 2.12. The second kappa shape index (κ2) is 3.80. The van der Waals surface area contributed by atoms with Gasteiger partial charge in [0.25, 0.3) is 0 Å². The van der Waals surface area contributed by atoms with Crippen LogP contribution in [0.1, 0.15) is 5.69 Å². The predicted octanol–water partition coefficient (Wildman–Crippen LogP) is 2.51. The molecular weight excluding hydrogens is 308 g/mol. The number of halogens is 2. The lowest BCUT2D eigenvalue weighted by molar-refractivity contribution is 0.626. The van der Waals surface area contributed by atoms with Crippen LogP contribution in [0.15, 0.2) is 24.4 Å². The van der Waals surface area contributed by atoms with Gasteiger partial charge in [-0.3, -0.25) is 4.57 Å². The van der Waals surface area contributed by atoms with Gasteiger partial charge in [0.15, 0.2) is 0 Å². The minimum Gasteiger partial charge on any atom is -0.369 e. The molecule has 1 aromatic carbocycles. The Labute approximate surface area is 100 Å². The molecule has 0 fully saturated rings. The molecule has 5 heteroatoms. The highest BCUT2D eigenvalue weighted by Crippen LogP contribution is 2.21. The number of imidazole rings is 1. The van der Waals surface area contributed by atoms with Gasteiger partial charge in [0.05, 0.1) is 11.4 Å². The van der Waals surface area contributed by atoms with Crippen molar-refractivity contribution in [2.24, 2.45) is 0 Å². The highest BCUT2D eigenvalue weighted by molar-refractivity contribution is 14.1. The Balaban J connectivity index is 2.59. The summed E-state index contributed by atoms with van der Waals surface area (Å²) in [7, 11) is 0. The van der Waals surface area contributed by atoms with Crippen LogP contribution in [0, 0.1) is 16.3 Å². The lowest BCUT2D eigenvalue weighted by Crippen LogP contribution is -2.01. The Morgan fingerprint density at radius 2 is 2.20 bits per heavy atom. The third-order valence-corrected chi connectivity index (χ3v) is 2.89. The third kappa shape index (κ3) is 1.97. The number of nitrogen functional groups attached to an aromatic ring is 1. The molecule has 2 rings (SSSR count). The minimum absolute atomic E-state index is 0.251. The second-order valence-electron chi connectivity index (χ2n) is 3.21. The summed E-state index contributed by atoms with van der Waals surface area (Å²) >= 11 is 2.07. The molecule has 1 aromatic heterocycles. The molecule has 0 aliphatic rings. The molecule has 0 aliphatic heterocycles. The van der Waals surface area contributed by atoms with Gasteiger partial charge >= 0.3 is 0 Å². The zero-order valence-electron chi connectivity index (χ0n) is 8.04. The molecule has 0 amide bonds. The van der Waals surface area contributed by atoms with Crippen LogP contribution in [0.5, 0.6) is 0 Å². The zero-order chi connectivity index (χ0) is 11.0. The molecule has 2 N–H and O–H groups in total. The zero-order valence-corrected chi connectivity index (χ0v) is 10.2. The number of aromatic nitrogens is 2. The summed E-state index contributed by atoms with van der Waals surface area (Å²) in [4.78, 5) is 4.09. The Kier molecular flexibility index (Phi) is 2.64. The molecule has 15 heavy (non-hydrogen) atoms. The standard InChI is InChI=1S/C10H9FIN3/c1-6-5-15(10(13)14-6)9-3-2-7(11)4-8(9)12/h2-5H,1H3,(H2,13,14). The summed E-state index contributed by atoms with van der Waals surface area (Å²) in [6, 6.07) is 4.56. The van der Waals surface area contributed by atoms with E-state index in [0.29, 0.717) is 5.95 Å². The van der Waals surface area contributed by atoms with Gasteiger partial charge in [-0.15, -0.1) is 0 Å². The van der Waals surface area contributed by atoms with E-state index < -0.39 is 0 Å². The molecule has 0 bridgehead atoms. The van der Waals surface area contributed by atoms with Gasteiger partial charge in [0.1, 0.15) is 5.82 Å². The van der Waals surface area contributed by atoms with E-state index in [1.54, 1.807) is 10.6 Å². The highest BCUT2D eigenvalue weighted by Gasteiger charge is 2.07. The maximum Gasteiger partial charge on any atom is 0.205 e. The van der Waals surface area contributed by atoms with Crippen molar-refractivity contribution in [3.63, 3.8) is 0 Å². The van der Waals surface area contributed by atoms with Crippen molar-refractivity contribution in [2.75, 3.05) is 5.73 Å². The molecule has 0 radical (unpaired) electrons. The van der Waals surface area contributed by atoms with Crippen LogP contribution in [0.2, 0.25) is 0 Å². The Morgan fingerprint density at radius 1 is 1.47 bits per heavy atom. The predicted molar refractivity (Wildman–Crippen MR) is 65.4 cm³/mol. The molecule has 3 nitrogen and oxygen atoms in total. The Hall–Kier alpha value is -1.11. The van der Waals surface area contributed by atoms with Gasteiger partial charge < -0.3 is 5.73 Å². The number of rotatable bonds is 1. The molecule has 0 aliphatic carbocycles. The van der Waals surface area contributed by atoms with Crippen LogP contribution in [0.3, 0.4) is 0 Å². The van der Waals surface area contributed by atoms with Crippen LogP contribution < -0.4 is 5.73 Å². The molecule has 0 atom stereocenters. The monoisotopic (exact) mass is 317 g/mol. The first-order valence-electron chi connectivity index (χ1n) is 4.35. The van der Waals surface area contributed by atoms with E-state index in [0.717, 1.165) is 15.0 Å². The van der Waals surface area contributed by atoms with Gasteiger partial charge in [0, 0.05) is 9.77 Å². The number of nitrogens with zero attached hydrogens (tertiary/aromatic N) is 2. The van der Waals surface area contributed by atoms with Gasteiger partial charge in [-0.1, -0.05) is 0 Å². The summed E-state index contributed by atoms with van der Waals surface area (Å²) in [5.74, 6) is 0.163. The van der Waals surface area contributed by atoms with Gasteiger partial charge in [-0.2, -0.15) is 0 Å². The van der Waals surface area contributed by atoms with E-state index in [1.165, 1.54) is 12.1 Å². The maximum absolute atomic E-state index is 12.9. The Morgan fingerprint density at radius 3 is 2.73 bits per heavy atom. The lowest BCUT2D eigenvalue weighted by atomic mass is 10.3. The summed E-state index contributed by atoms with van der Waals surface area (Å²) in [5, 5.41) is 0. The number of benzene rings is 1.